The number of rotatable bonds is 6. The highest BCUT2D eigenvalue weighted by Gasteiger charge is 2.24. The van der Waals surface area contributed by atoms with Crippen molar-refractivity contribution in [2.75, 3.05) is 6.54 Å². The van der Waals surface area contributed by atoms with E-state index in [0.717, 1.165) is 18.2 Å². The standard InChI is InChI=1S/C15H11Cl2F2NO4S/c16-10-5-4-9(6-11(10)17)8-24-14(21)7-20-25(22,23)15-12(18)2-1-3-13(15)19/h1-6,20H,7-8H2. The first-order chi connectivity index (χ1) is 11.7. The van der Waals surface area contributed by atoms with Crippen molar-refractivity contribution in [3.8, 4) is 0 Å². The third kappa shape index (κ3) is 5.12. The van der Waals surface area contributed by atoms with Gasteiger partial charge in [-0.3, -0.25) is 4.79 Å². The molecule has 2 aromatic rings. The Morgan fingerprint density at radius 3 is 2.32 bits per heavy atom. The first kappa shape index (κ1) is 19.6. The Morgan fingerprint density at radius 2 is 1.72 bits per heavy atom. The molecule has 1 N–H and O–H groups in total. The lowest BCUT2D eigenvalue weighted by Gasteiger charge is -2.09. The van der Waals surface area contributed by atoms with Crippen molar-refractivity contribution in [3.05, 3.63) is 63.6 Å². The summed E-state index contributed by atoms with van der Waals surface area (Å²) < 4.78 is 57.5. The molecule has 0 aliphatic rings. The molecule has 0 saturated carbocycles. The maximum Gasteiger partial charge on any atom is 0.321 e. The van der Waals surface area contributed by atoms with Gasteiger partial charge in [0.15, 0.2) is 4.90 Å². The average molecular weight is 410 g/mol. The summed E-state index contributed by atoms with van der Waals surface area (Å²) >= 11 is 11.6. The number of ether oxygens (including phenoxy) is 1. The van der Waals surface area contributed by atoms with Crippen LogP contribution >= 0.6 is 23.2 Å². The van der Waals surface area contributed by atoms with E-state index in [2.05, 4.69) is 0 Å². The Bertz CT molecular complexity index is 886. The van der Waals surface area contributed by atoms with E-state index in [1.165, 1.54) is 12.1 Å². The largest absolute Gasteiger partial charge is 0.460 e. The van der Waals surface area contributed by atoms with Crippen LogP contribution in [0.3, 0.4) is 0 Å². The Kier molecular flexibility index (Phi) is 6.34. The monoisotopic (exact) mass is 409 g/mol. The molecule has 0 spiro atoms. The van der Waals surface area contributed by atoms with Crippen molar-refractivity contribution in [2.45, 2.75) is 11.5 Å². The molecule has 10 heteroatoms. The molecule has 5 nitrogen and oxygen atoms in total. The number of hydrogen-bond donors (Lipinski definition) is 1. The maximum absolute atomic E-state index is 13.5. The van der Waals surface area contributed by atoms with Crippen LogP contribution in [0, 0.1) is 11.6 Å². The van der Waals surface area contributed by atoms with Crippen LogP contribution in [0.1, 0.15) is 5.56 Å². The van der Waals surface area contributed by atoms with E-state index in [9.17, 15) is 22.0 Å². The van der Waals surface area contributed by atoms with Crippen molar-refractivity contribution in [1.29, 1.82) is 0 Å². The van der Waals surface area contributed by atoms with Gasteiger partial charge in [-0.05, 0) is 29.8 Å². The number of sulfonamides is 1. The van der Waals surface area contributed by atoms with Gasteiger partial charge in [0.05, 0.1) is 10.0 Å². The summed E-state index contributed by atoms with van der Waals surface area (Å²) in [5.74, 6) is -3.47. The predicted octanol–water partition coefficient (Wildman–Crippen LogP) is 3.29. The molecule has 2 rings (SSSR count). The second-order valence-corrected chi connectivity index (χ2v) is 7.30. The third-order valence-electron chi connectivity index (χ3n) is 2.98. The van der Waals surface area contributed by atoms with E-state index < -0.39 is 39.1 Å². The Balaban J connectivity index is 1.96. The minimum Gasteiger partial charge on any atom is -0.460 e. The van der Waals surface area contributed by atoms with Gasteiger partial charge in [0.2, 0.25) is 10.0 Å². The fourth-order valence-electron chi connectivity index (χ4n) is 1.81. The van der Waals surface area contributed by atoms with Gasteiger partial charge in [0, 0.05) is 0 Å². The van der Waals surface area contributed by atoms with Gasteiger partial charge in [-0.25, -0.2) is 17.2 Å². The zero-order valence-electron chi connectivity index (χ0n) is 12.4. The minimum atomic E-state index is -4.55. The minimum absolute atomic E-state index is 0.175. The summed E-state index contributed by atoms with van der Waals surface area (Å²) in [7, 11) is -4.55. The van der Waals surface area contributed by atoms with Crippen molar-refractivity contribution in [3.63, 3.8) is 0 Å². The number of halogens is 4. The number of carbonyl (C=O) groups excluding carboxylic acids is 1. The zero-order chi connectivity index (χ0) is 18.6. The van der Waals surface area contributed by atoms with E-state index in [4.69, 9.17) is 27.9 Å². The van der Waals surface area contributed by atoms with Crippen LogP contribution in [0.25, 0.3) is 0 Å². The lowest BCUT2D eigenvalue weighted by molar-refractivity contribution is -0.143. The van der Waals surface area contributed by atoms with Gasteiger partial charge < -0.3 is 4.74 Å². The highest BCUT2D eigenvalue weighted by Crippen LogP contribution is 2.23. The molecule has 25 heavy (non-hydrogen) atoms. The van der Waals surface area contributed by atoms with E-state index in [-0.39, 0.29) is 11.6 Å². The smallest absolute Gasteiger partial charge is 0.321 e. The van der Waals surface area contributed by atoms with E-state index >= 15 is 0 Å². The molecule has 0 fully saturated rings. The molecule has 0 aromatic heterocycles. The molecular weight excluding hydrogens is 399 g/mol. The molecule has 0 saturated heterocycles. The van der Waals surface area contributed by atoms with Crippen molar-refractivity contribution >= 4 is 39.2 Å². The molecule has 2 aromatic carbocycles. The number of carbonyl (C=O) groups is 1. The van der Waals surface area contributed by atoms with Crippen LogP contribution in [0.5, 0.6) is 0 Å². The van der Waals surface area contributed by atoms with E-state index in [1.54, 1.807) is 10.8 Å². The molecule has 0 heterocycles. The molecule has 0 radical (unpaired) electrons. The molecular formula is C15H11Cl2F2NO4S. The molecule has 0 unspecified atom stereocenters. The number of hydrogen-bond acceptors (Lipinski definition) is 4. The average Bonchev–Trinajstić information content (AvgIpc) is 2.54. The summed E-state index contributed by atoms with van der Waals surface area (Å²) in [5.41, 5.74) is 0.533. The lowest BCUT2D eigenvalue weighted by Crippen LogP contribution is -2.31. The Hall–Kier alpha value is -1.74. The number of nitrogens with one attached hydrogen (secondary N) is 1. The second-order valence-electron chi connectivity index (χ2n) is 4.78. The van der Waals surface area contributed by atoms with Crippen molar-refractivity contribution in [1.82, 2.24) is 4.72 Å². The highest BCUT2D eigenvalue weighted by atomic mass is 35.5. The van der Waals surface area contributed by atoms with Gasteiger partial charge in [0.1, 0.15) is 24.8 Å². The first-order valence-electron chi connectivity index (χ1n) is 6.74. The van der Waals surface area contributed by atoms with E-state index in [1.807, 2.05) is 0 Å². The van der Waals surface area contributed by atoms with Crippen molar-refractivity contribution < 1.29 is 26.7 Å². The fourth-order valence-corrected chi connectivity index (χ4v) is 3.23. The van der Waals surface area contributed by atoms with Gasteiger partial charge in [0.25, 0.3) is 0 Å². The fraction of sp³-hybridized carbons (Fsp3) is 0.133. The maximum atomic E-state index is 13.5. The third-order valence-corrected chi connectivity index (χ3v) is 5.17. The van der Waals surface area contributed by atoms with Crippen molar-refractivity contribution in [2.24, 2.45) is 0 Å². The zero-order valence-corrected chi connectivity index (χ0v) is 14.8. The normalized spacial score (nSPS) is 11.4. The van der Waals surface area contributed by atoms with Crippen LogP contribution in [-0.4, -0.2) is 20.9 Å². The predicted molar refractivity (Wildman–Crippen MR) is 87.8 cm³/mol. The van der Waals surface area contributed by atoms with Crippen LogP contribution in [0.15, 0.2) is 41.3 Å². The Morgan fingerprint density at radius 1 is 1.08 bits per heavy atom. The summed E-state index contributed by atoms with van der Waals surface area (Å²) in [4.78, 5) is 10.5. The molecule has 0 aliphatic heterocycles. The quantitative estimate of drug-likeness (QED) is 0.742. The summed E-state index contributed by atoms with van der Waals surface area (Å²) in [5, 5.41) is 0.599. The SMILES string of the molecule is O=C(CNS(=O)(=O)c1c(F)cccc1F)OCc1ccc(Cl)c(Cl)c1. The highest BCUT2D eigenvalue weighted by molar-refractivity contribution is 7.89. The molecule has 0 amide bonds. The molecule has 0 bridgehead atoms. The second kappa shape index (κ2) is 8.09. The topological polar surface area (TPSA) is 72.5 Å². The molecule has 0 atom stereocenters. The van der Waals surface area contributed by atoms with Crippen LogP contribution < -0.4 is 4.72 Å². The Labute approximate surface area is 152 Å². The summed E-state index contributed by atoms with van der Waals surface area (Å²) in [6.45, 7) is -0.969. The lowest BCUT2D eigenvalue weighted by atomic mass is 10.2. The van der Waals surface area contributed by atoms with Gasteiger partial charge in [-0.2, -0.15) is 4.72 Å². The first-order valence-corrected chi connectivity index (χ1v) is 8.98. The van der Waals surface area contributed by atoms with Crippen LogP contribution in [-0.2, 0) is 26.2 Å². The molecule has 0 aliphatic carbocycles. The summed E-state index contributed by atoms with van der Waals surface area (Å²) in [6, 6.07) is 7.17. The molecule has 134 valence electrons. The van der Waals surface area contributed by atoms with Crippen LogP contribution in [0.2, 0.25) is 10.0 Å². The van der Waals surface area contributed by atoms with E-state index in [0.29, 0.717) is 10.6 Å². The number of benzene rings is 2. The van der Waals surface area contributed by atoms with Gasteiger partial charge in [-0.15, -0.1) is 0 Å². The number of esters is 1. The van der Waals surface area contributed by atoms with Gasteiger partial charge >= 0.3 is 5.97 Å². The summed E-state index contributed by atoms with van der Waals surface area (Å²) in [6.07, 6.45) is 0. The van der Waals surface area contributed by atoms with Crippen LogP contribution in [0.4, 0.5) is 8.78 Å². The van der Waals surface area contributed by atoms with Gasteiger partial charge in [-0.1, -0.05) is 35.3 Å².